The van der Waals surface area contributed by atoms with Gasteiger partial charge in [0.25, 0.3) is 0 Å². The molecule has 0 atom stereocenters. The fourth-order valence-electron chi connectivity index (χ4n) is 1.70. The first-order valence-corrected chi connectivity index (χ1v) is 6.52. The van der Waals surface area contributed by atoms with Crippen LogP contribution in [-0.4, -0.2) is 37.3 Å². The Hall–Kier alpha value is -1.55. The zero-order valence-electron chi connectivity index (χ0n) is 12.2. The highest BCUT2D eigenvalue weighted by molar-refractivity contribution is 5.77. The van der Waals surface area contributed by atoms with Gasteiger partial charge < -0.3 is 15.3 Å². The molecular weight excluding hydrogens is 240 g/mol. The molecule has 0 unspecified atom stereocenters. The van der Waals surface area contributed by atoms with Crippen molar-refractivity contribution >= 4 is 11.6 Å². The van der Waals surface area contributed by atoms with Crippen LogP contribution in [0.4, 0.5) is 5.69 Å². The fraction of sp³-hybridized carbons (Fsp3) is 0.533. The molecule has 0 radical (unpaired) electrons. The van der Waals surface area contributed by atoms with Crippen LogP contribution in [-0.2, 0) is 11.2 Å². The molecule has 4 heteroatoms. The van der Waals surface area contributed by atoms with Gasteiger partial charge in [-0.25, -0.2) is 0 Å². The van der Waals surface area contributed by atoms with Crippen molar-refractivity contribution in [1.82, 2.24) is 5.32 Å². The standard InChI is InChI=1S/C15H24N2O2/c1-15(2,11-18)16-14(19)10-7-12-5-8-13(9-6-12)17(3)4/h5-6,8-9,18H,7,10-11H2,1-4H3,(H,16,19). The molecule has 19 heavy (non-hydrogen) atoms. The van der Waals surface area contributed by atoms with E-state index < -0.39 is 5.54 Å². The highest BCUT2D eigenvalue weighted by Gasteiger charge is 2.18. The lowest BCUT2D eigenvalue weighted by molar-refractivity contribution is -0.123. The Bertz CT molecular complexity index is 411. The van der Waals surface area contributed by atoms with E-state index in [0.717, 1.165) is 11.3 Å². The summed E-state index contributed by atoms with van der Waals surface area (Å²) in [5.41, 5.74) is 1.74. The molecule has 0 aliphatic rings. The lowest BCUT2D eigenvalue weighted by atomic mass is 10.1. The second-order valence-corrected chi connectivity index (χ2v) is 5.65. The van der Waals surface area contributed by atoms with Gasteiger partial charge in [0.1, 0.15) is 0 Å². The molecule has 0 heterocycles. The molecule has 2 N–H and O–H groups in total. The van der Waals surface area contributed by atoms with Crippen LogP contribution >= 0.6 is 0 Å². The second-order valence-electron chi connectivity index (χ2n) is 5.65. The molecule has 1 aromatic carbocycles. The number of nitrogens with zero attached hydrogens (tertiary/aromatic N) is 1. The van der Waals surface area contributed by atoms with Crippen LogP contribution in [0.15, 0.2) is 24.3 Å². The maximum atomic E-state index is 11.7. The lowest BCUT2D eigenvalue weighted by Crippen LogP contribution is -2.46. The van der Waals surface area contributed by atoms with E-state index in [-0.39, 0.29) is 12.5 Å². The molecule has 0 fully saturated rings. The monoisotopic (exact) mass is 264 g/mol. The van der Waals surface area contributed by atoms with E-state index in [1.165, 1.54) is 0 Å². The van der Waals surface area contributed by atoms with Crippen molar-refractivity contribution in [3.63, 3.8) is 0 Å². The van der Waals surface area contributed by atoms with Crippen LogP contribution in [0.5, 0.6) is 0 Å². The SMILES string of the molecule is CN(C)c1ccc(CCC(=O)NC(C)(C)CO)cc1. The second kappa shape index (κ2) is 6.57. The maximum absolute atomic E-state index is 11.7. The average molecular weight is 264 g/mol. The fourth-order valence-corrected chi connectivity index (χ4v) is 1.70. The third-order valence-electron chi connectivity index (χ3n) is 2.97. The molecule has 106 valence electrons. The third kappa shape index (κ3) is 5.30. The summed E-state index contributed by atoms with van der Waals surface area (Å²) in [7, 11) is 4.00. The Morgan fingerprint density at radius 2 is 1.84 bits per heavy atom. The smallest absolute Gasteiger partial charge is 0.220 e. The van der Waals surface area contributed by atoms with Gasteiger partial charge in [0, 0.05) is 26.2 Å². The summed E-state index contributed by atoms with van der Waals surface area (Å²) in [5, 5.41) is 11.9. The first-order valence-electron chi connectivity index (χ1n) is 6.52. The highest BCUT2D eigenvalue weighted by Crippen LogP contribution is 2.13. The minimum Gasteiger partial charge on any atom is -0.394 e. The summed E-state index contributed by atoms with van der Waals surface area (Å²) in [6, 6.07) is 8.18. The first kappa shape index (κ1) is 15.5. The van der Waals surface area contributed by atoms with Crippen LogP contribution in [0.1, 0.15) is 25.8 Å². The number of aryl methyl sites for hydroxylation is 1. The normalized spacial score (nSPS) is 11.2. The van der Waals surface area contributed by atoms with E-state index in [0.29, 0.717) is 12.8 Å². The van der Waals surface area contributed by atoms with Gasteiger partial charge in [0.2, 0.25) is 5.91 Å². The van der Waals surface area contributed by atoms with Crippen LogP contribution in [0, 0.1) is 0 Å². The topological polar surface area (TPSA) is 52.6 Å². The Balaban J connectivity index is 2.46. The number of benzene rings is 1. The number of hydrogen-bond acceptors (Lipinski definition) is 3. The lowest BCUT2D eigenvalue weighted by Gasteiger charge is -2.23. The largest absolute Gasteiger partial charge is 0.394 e. The summed E-state index contributed by atoms with van der Waals surface area (Å²) >= 11 is 0. The maximum Gasteiger partial charge on any atom is 0.220 e. The number of anilines is 1. The van der Waals surface area contributed by atoms with E-state index in [2.05, 4.69) is 5.32 Å². The molecule has 0 bridgehead atoms. The Morgan fingerprint density at radius 1 is 1.26 bits per heavy atom. The van der Waals surface area contributed by atoms with Crippen molar-refractivity contribution in [3.05, 3.63) is 29.8 Å². The summed E-state index contributed by atoms with van der Waals surface area (Å²) in [6.07, 6.45) is 1.14. The molecule has 1 amide bonds. The van der Waals surface area contributed by atoms with Gasteiger partial charge in [-0.1, -0.05) is 12.1 Å². The van der Waals surface area contributed by atoms with Crippen molar-refractivity contribution < 1.29 is 9.90 Å². The van der Waals surface area contributed by atoms with Gasteiger partial charge in [-0.15, -0.1) is 0 Å². The van der Waals surface area contributed by atoms with Crippen molar-refractivity contribution in [1.29, 1.82) is 0 Å². The van der Waals surface area contributed by atoms with Crippen LogP contribution in [0.2, 0.25) is 0 Å². The quantitative estimate of drug-likeness (QED) is 0.820. The minimum absolute atomic E-state index is 0.0317. The molecule has 0 aliphatic heterocycles. The van der Waals surface area contributed by atoms with Crippen molar-refractivity contribution in [2.75, 3.05) is 25.6 Å². The van der Waals surface area contributed by atoms with Gasteiger partial charge in [0.05, 0.1) is 12.1 Å². The van der Waals surface area contributed by atoms with Crippen molar-refractivity contribution in [2.45, 2.75) is 32.2 Å². The number of carbonyl (C=O) groups excluding carboxylic acids is 1. The minimum atomic E-state index is -0.550. The molecule has 0 saturated heterocycles. The van der Waals surface area contributed by atoms with Crippen molar-refractivity contribution in [3.8, 4) is 0 Å². The molecule has 1 rings (SSSR count). The number of aliphatic hydroxyl groups is 1. The van der Waals surface area contributed by atoms with Crippen LogP contribution in [0.25, 0.3) is 0 Å². The summed E-state index contributed by atoms with van der Waals surface area (Å²) in [5.74, 6) is -0.0317. The van der Waals surface area contributed by atoms with E-state index in [4.69, 9.17) is 5.11 Å². The molecule has 4 nitrogen and oxygen atoms in total. The predicted octanol–water partition coefficient (Wildman–Crippen LogP) is 1.57. The zero-order valence-corrected chi connectivity index (χ0v) is 12.2. The van der Waals surface area contributed by atoms with Crippen LogP contribution < -0.4 is 10.2 Å². The van der Waals surface area contributed by atoms with Gasteiger partial charge >= 0.3 is 0 Å². The molecule has 0 aromatic heterocycles. The zero-order chi connectivity index (χ0) is 14.5. The average Bonchev–Trinajstić information content (AvgIpc) is 2.36. The molecule has 1 aromatic rings. The number of amides is 1. The predicted molar refractivity (Wildman–Crippen MR) is 78.4 cm³/mol. The number of aliphatic hydroxyl groups excluding tert-OH is 1. The third-order valence-corrected chi connectivity index (χ3v) is 2.97. The number of hydrogen-bond donors (Lipinski definition) is 2. The molecule has 0 saturated carbocycles. The Morgan fingerprint density at radius 3 is 2.32 bits per heavy atom. The van der Waals surface area contributed by atoms with Crippen molar-refractivity contribution in [2.24, 2.45) is 0 Å². The molecule has 0 spiro atoms. The highest BCUT2D eigenvalue weighted by atomic mass is 16.3. The number of nitrogens with one attached hydrogen (secondary N) is 1. The van der Waals surface area contributed by atoms with Gasteiger partial charge in [-0.2, -0.15) is 0 Å². The number of rotatable bonds is 6. The van der Waals surface area contributed by atoms with E-state index in [1.54, 1.807) is 13.8 Å². The van der Waals surface area contributed by atoms with Crippen LogP contribution in [0.3, 0.4) is 0 Å². The van der Waals surface area contributed by atoms with Gasteiger partial charge in [-0.3, -0.25) is 4.79 Å². The molecule has 0 aliphatic carbocycles. The molecular formula is C15H24N2O2. The summed E-state index contributed by atoms with van der Waals surface area (Å²) in [6.45, 7) is 3.55. The van der Waals surface area contributed by atoms with E-state index in [1.807, 2.05) is 43.3 Å². The van der Waals surface area contributed by atoms with Gasteiger partial charge in [-0.05, 0) is 38.0 Å². The Labute approximate surface area is 115 Å². The summed E-state index contributed by atoms with van der Waals surface area (Å²) in [4.78, 5) is 13.8. The first-order chi connectivity index (χ1) is 8.84. The Kier molecular flexibility index (Phi) is 5.36. The number of carbonyl (C=O) groups is 1. The van der Waals surface area contributed by atoms with E-state index >= 15 is 0 Å². The van der Waals surface area contributed by atoms with Gasteiger partial charge in [0.15, 0.2) is 0 Å². The summed E-state index contributed by atoms with van der Waals surface area (Å²) < 4.78 is 0. The van der Waals surface area contributed by atoms with E-state index in [9.17, 15) is 4.79 Å².